The van der Waals surface area contributed by atoms with Crippen molar-refractivity contribution in [3.8, 4) is 22.9 Å². The first-order chi connectivity index (χ1) is 29.3. The van der Waals surface area contributed by atoms with Crippen LogP contribution in [0.3, 0.4) is 0 Å². The minimum absolute atomic E-state index is 0.654. The van der Waals surface area contributed by atoms with Crippen LogP contribution >= 0.6 is 0 Å². The van der Waals surface area contributed by atoms with E-state index in [1.165, 1.54) is 70.4 Å². The lowest BCUT2D eigenvalue weighted by Gasteiger charge is -2.13. The minimum Gasteiger partial charge on any atom is -0.309 e. The van der Waals surface area contributed by atoms with Gasteiger partial charge in [-0.15, -0.1) is 0 Å². The van der Waals surface area contributed by atoms with Crippen LogP contribution in [0.4, 0.5) is 0 Å². The lowest BCUT2D eigenvalue weighted by atomic mass is 10.0. The molecule has 5 nitrogen and oxygen atoms in total. The summed E-state index contributed by atoms with van der Waals surface area (Å²) in [7, 11) is 0. The van der Waals surface area contributed by atoms with E-state index in [0.717, 1.165) is 49.9 Å². The Morgan fingerprint density at radius 1 is 0.339 bits per heavy atom. The van der Waals surface area contributed by atoms with Gasteiger partial charge in [-0.05, 0) is 71.4 Å². The van der Waals surface area contributed by atoms with Crippen molar-refractivity contribution >= 4 is 103 Å². The quantitative estimate of drug-likeness (QED) is 0.180. The second-order valence-corrected chi connectivity index (χ2v) is 15.7. The second kappa shape index (κ2) is 11.3. The fourth-order valence-corrected chi connectivity index (χ4v) is 10.3. The third-order valence-electron chi connectivity index (χ3n) is 12.7. The number of hydrogen-bond donors (Lipinski definition) is 0. The molecule has 0 fully saturated rings. The van der Waals surface area contributed by atoms with Crippen molar-refractivity contribution in [3.63, 3.8) is 0 Å². The van der Waals surface area contributed by atoms with Gasteiger partial charge in [0.15, 0.2) is 0 Å². The van der Waals surface area contributed by atoms with Crippen molar-refractivity contribution in [2.75, 3.05) is 0 Å². The first-order valence-electron chi connectivity index (χ1n) is 20.2. The first-order valence-corrected chi connectivity index (χ1v) is 20.2. The molecule has 0 saturated heterocycles. The summed E-state index contributed by atoms with van der Waals surface area (Å²) in [6, 6.07) is 68.0. The molecule has 14 aromatic rings. The van der Waals surface area contributed by atoms with E-state index < -0.39 is 0 Å². The lowest BCUT2D eigenvalue weighted by Crippen LogP contribution is -2.04. The Balaban J connectivity index is 1.16. The molecule has 0 N–H and O–H groups in total. The molecule has 0 amide bonds. The standard InChI is InChI=1S/C54H31N5/c1-2-17-34(18-3-1)57-46-27-13-9-22-38(46)49-39(23-14-28-47(49)57)51-37-21-6-10-24-43(37)55-54(56-51)59-45-26-12-8-20-36(45)41-31-40-35-19-7-11-25-44(35)58-48-30-33-16-5-4-15-32(33)29-42(48)50(52(40)58)53(41)59/h1-31H. The number of fused-ring (bicyclic) bond motifs is 15. The van der Waals surface area contributed by atoms with E-state index in [2.05, 4.69) is 202 Å². The zero-order chi connectivity index (χ0) is 38.3. The molecule has 9 aromatic carbocycles. The number of hydrogen-bond acceptors (Lipinski definition) is 2. The second-order valence-electron chi connectivity index (χ2n) is 15.7. The Hall–Kier alpha value is -8.02. The van der Waals surface area contributed by atoms with Gasteiger partial charge in [-0.25, -0.2) is 9.97 Å². The van der Waals surface area contributed by atoms with Gasteiger partial charge in [-0.1, -0.05) is 127 Å². The van der Waals surface area contributed by atoms with Crippen LogP contribution in [0.15, 0.2) is 188 Å². The van der Waals surface area contributed by atoms with Gasteiger partial charge in [0.1, 0.15) is 0 Å². The number of nitrogens with zero attached hydrogens (tertiary/aromatic N) is 5. The molecule has 0 saturated carbocycles. The highest BCUT2D eigenvalue weighted by molar-refractivity contribution is 6.35. The summed E-state index contributed by atoms with van der Waals surface area (Å²) in [5.74, 6) is 0.654. The normalized spacial score (nSPS) is 12.4. The molecule has 0 aliphatic rings. The minimum atomic E-state index is 0.654. The predicted molar refractivity (Wildman–Crippen MR) is 246 cm³/mol. The van der Waals surface area contributed by atoms with Crippen molar-refractivity contribution in [2.24, 2.45) is 0 Å². The molecule has 5 heterocycles. The summed E-state index contributed by atoms with van der Waals surface area (Å²) in [4.78, 5) is 11.2. The van der Waals surface area contributed by atoms with Crippen molar-refractivity contribution < 1.29 is 0 Å². The largest absolute Gasteiger partial charge is 0.309 e. The Morgan fingerprint density at radius 2 is 0.949 bits per heavy atom. The van der Waals surface area contributed by atoms with E-state index in [4.69, 9.17) is 9.97 Å². The van der Waals surface area contributed by atoms with E-state index in [1.54, 1.807) is 0 Å². The van der Waals surface area contributed by atoms with E-state index in [0.29, 0.717) is 5.95 Å². The van der Waals surface area contributed by atoms with E-state index in [-0.39, 0.29) is 0 Å². The molecule has 272 valence electrons. The summed E-state index contributed by atoms with van der Waals surface area (Å²) in [6.45, 7) is 0. The van der Waals surface area contributed by atoms with Crippen molar-refractivity contribution in [1.29, 1.82) is 0 Å². The average Bonchev–Trinajstić information content (AvgIpc) is 4.02. The van der Waals surface area contributed by atoms with Crippen LogP contribution in [0.25, 0.3) is 126 Å². The summed E-state index contributed by atoms with van der Waals surface area (Å²) in [5, 5.41) is 13.2. The monoisotopic (exact) mass is 749 g/mol. The van der Waals surface area contributed by atoms with Gasteiger partial charge >= 0.3 is 0 Å². The number of benzene rings is 9. The maximum Gasteiger partial charge on any atom is 0.235 e. The molecule has 14 rings (SSSR count). The van der Waals surface area contributed by atoms with Crippen LogP contribution in [0.5, 0.6) is 0 Å². The molecular weight excluding hydrogens is 719 g/mol. The highest BCUT2D eigenvalue weighted by Gasteiger charge is 2.26. The summed E-state index contributed by atoms with van der Waals surface area (Å²) in [6.07, 6.45) is 0. The summed E-state index contributed by atoms with van der Waals surface area (Å²) < 4.78 is 7.20. The zero-order valence-corrected chi connectivity index (χ0v) is 31.6. The fraction of sp³-hybridized carbons (Fsp3) is 0. The number of aromatic nitrogens is 5. The first kappa shape index (κ1) is 31.1. The van der Waals surface area contributed by atoms with Crippen molar-refractivity contribution in [2.45, 2.75) is 0 Å². The molecule has 0 aliphatic heterocycles. The van der Waals surface area contributed by atoms with Crippen LogP contribution in [0, 0.1) is 0 Å². The Kier molecular flexibility index (Phi) is 5.96. The van der Waals surface area contributed by atoms with Crippen LogP contribution in [-0.4, -0.2) is 23.5 Å². The average molecular weight is 750 g/mol. The molecule has 0 radical (unpaired) electrons. The molecule has 0 atom stereocenters. The van der Waals surface area contributed by atoms with E-state index in [1.807, 2.05) is 0 Å². The van der Waals surface area contributed by atoms with Crippen molar-refractivity contribution in [1.82, 2.24) is 23.5 Å². The van der Waals surface area contributed by atoms with Crippen LogP contribution in [0.2, 0.25) is 0 Å². The Morgan fingerprint density at radius 3 is 1.76 bits per heavy atom. The maximum absolute atomic E-state index is 5.71. The van der Waals surface area contributed by atoms with Crippen LogP contribution in [-0.2, 0) is 0 Å². The SMILES string of the molecule is c1ccc(-n2c3ccccc3c3c(-c4nc(-n5c6ccccc6c6cc7c8ccccc8n8c9cc%10ccccc%10cc9c(c65)c78)nc5ccccc45)cccc32)cc1. The van der Waals surface area contributed by atoms with Crippen LogP contribution < -0.4 is 0 Å². The maximum atomic E-state index is 5.71. The molecule has 0 spiro atoms. The Bertz CT molecular complexity index is 4070. The highest BCUT2D eigenvalue weighted by atomic mass is 15.2. The molecule has 0 unspecified atom stereocenters. The topological polar surface area (TPSA) is 40.0 Å². The smallest absolute Gasteiger partial charge is 0.235 e. The Labute approximate surface area is 336 Å². The zero-order valence-electron chi connectivity index (χ0n) is 31.6. The molecule has 0 bridgehead atoms. The van der Waals surface area contributed by atoms with Gasteiger partial charge in [0.2, 0.25) is 5.95 Å². The summed E-state index contributed by atoms with van der Waals surface area (Å²) in [5.41, 5.74) is 12.2. The lowest BCUT2D eigenvalue weighted by molar-refractivity contribution is 1.02. The van der Waals surface area contributed by atoms with Gasteiger partial charge in [0.05, 0.1) is 49.8 Å². The van der Waals surface area contributed by atoms with E-state index in [9.17, 15) is 0 Å². The molecule has 5 aromatic heterocycles. The fourth-order valence-electron chi connectivity index (χ4n) is 10.3. The molecule has 0 aliphatic carbocycles. The molecule has 5 heteroatoms. The highest BCUT2D eigenvalue weighted by Crippen LogP contribution is 2.47. The van der Waals surface area contributed by atoms with Gasteiger partial charge in [0, 0.05) is 59.7 Å². The predicted octanol–water partition coefficient (Wildman–Crippen LogP) is 13.8. The summed E-state index contributed by atoms with van der Waals surface area (Å²) >= 11 is 0. The van der Waals surface area contributed by atoms with Gasteiger partial charge in [-0.2, -0.15) is 0 Å². The van der Waals surface area contributed by atoms with E-state index >= 15 is 0 Å². The van der Waals surface area contributed by atoms with Gasteiger partial charge in [0.25, 0.3) is 0 Å². The number of para-hydroxylation sites is 5. The van der Waals surface area contributed by atoms with Crippen LogP contribution in [0.1, 0.15) is 0 Å². The van der Waals surface area contributed by atoms with Gasteiger partial charge in [-0.3, -0.25) is 4.57 Å². The van der Waals surface area contributed by atoms with Crippen molar-refractivity contribution in [3.05, 3.63) is 188 Å². The third-order valence-corrected chi connectivity index (χ3v) is 12.7. The molecular formula is C54H31N5. The van der Waals surface area contributed by atoms with Gasteiger partial charge < -0.3 is 8.97 Å². The number of rotatable bonds is 3. The molecule has 59 heavy (non-hydrogen) atoms. The third kappa shape index (κ3) is 4.03.